The maximum Gasteiger partial charge on any atom is 0.0465 e. The van der Waals surface area contributed by atoms with Gasteiger partial charge in [0, 0.05) is 45.0 Å². The van der Waals surface area contributed by atoms with Gasteiger partial charge in [0.15, 0.2) is 0 Å². The molecule has 0 aromatic heterocycles. The normalized spacial score (nSPS) is 13.4. The van der Waals surface area contributed by atoms with Crippen LogP contribution in [0.3, 0.4) is 0 Å². The van der Waals surface area contributed by atoms with Crippen molar-refractivity contribution >= 4 is 80.0 Å². The molecule has 0 atom stereocenters. The van der Waals surface area contributed by atoms with E-state index in [0.29, 0.717) is 0 Å². The lowest BCUT2D eigenvalue weighted by molar-refractivity contribution is 0.660. The third kappa shape index (κ3) is 9.91. The molecule has 0 spiro atoms. The second-order valence-corrected chi connectivity index (χ2v) is 25.2. The van der Waals surface area contributed by atoms with E-state index < -0.39 is 0 Å². The van der Waals surface area contributed by atoms with E-state index in [1.807, 2.05) is 0 Å². The van der Waals surface area contributed by atoms with Crippen molar-refractivity contribution < 1.29 is 0 Å². The van der Waals surface area contributed by atoms with Gasteiger partial charge in [0.25, 0.3) is 0 Å². The molecule has 2 nitrogen and oxygen atoms in total. The van der Waals surface area contributed by atoms with Crippen molar-refractivity contribution in [3.05, 3.63) is 335 Å². The van der Waals surface area contributed by atoms with Gasteiger partial charge in [-0.1, -0.05) is 257 Å². The Morgan fingerprint density at radius 2 is 0.523 bits per heavy atom. The van der Waals surface area contributed by atoms with Crippen molar-refractivity contribution in [2.75, 3.05) is 9.80 Å². The van der Waals surface area contributed by atoms with Crippen LogP contribution >= 0.6 is 0 Å². The predicted octanol–water partition coefficient (Wildman–Crippen LogP) is 23.8. The quantitative estimate of drug-likeness (QED) is 0.113. The van der Waals surface area contributed by atoms with E-state index in [1.165, 1.54) is 122 Å². The summed E-state index contributed by atoms with van der Waals surface area (Å²) in [6.45, 7) is 13.8. The number of hydrogen-bond acceptors (Lipinski definition) is 2. The summed E-state index contributed by atoms with van der Waals surface area (Å²) < 4.78 is 0. The second-order valence-electron chi connectivity index (χ2n) is 25.2. The van der Waals surface area contributed by atoms with E-state index in [0.717, 1.165) is 34.1 Å². The molecule has 0 saturated heterocycles. The van der Waals surface area contributed by atoms with Crippen LogP contribution in [0, 0.1) is 13.8 Å². The lowest BCUT2D eigenvalue weighted by Crippen LogP contribution is -2.16. The van der Waals surface area contributed by atoms with Crippen LogP contribution in [-0.2, 0) is 10.8 Å². The fourth-order valence-corrected chi connectivity index (χ4v) is 13.7. The topological polar surface area (TPSA) is 6.48 Å². The number of hydrogen-bond donors (Lipinski definition) is 0. The molecule has 0 saturated carbocycles. The molecule has 13 aromatic carbocycles. The highest BCUT2D eigenvalue weighted by Crippen LogP contribution is 2.53. The number of nitrogens with zero attached hydrogens (tertiary/aromatic N) is 2. The largest absolute Gasteiger partial charge is 0.310 e. The molecule has 0 aliphatic heterocycles. The van der Waals surface area contributed by atoms with E-state index in [9.17, 15) is 0 Å². The first-order valence-corrected chi connectivity index (χ1v) is 30.9. The van der Waals surface area contributed by atoms with Crippen LogP contribution in [0.5, 0.6) is 0 Å². The van der Waals surface area contributed by atoms with Crippen molar-refractivity contribution in [1.82, 2.24) is 0 Å². The Bertz CT molecular complexity index is 4570. The van der Waals surface area contributed by atoms with E-state index in [4.69, 9.17) is 0 Å². The molecule has 88 heavy (non-hydrogen) atoms. The van der Waals surface area contributed by atoms with Gasteiger partial charge in [-0.15, -0.1) is 0 Å². The number of benzene rings is 13. The summed E-state index contributed by atoms with van der Waals surface area (Å²) in [5.41, 5.74) is 29.1. The third-order valence-electron chi connectivity index (χ3n) is 18.8. The molecule has 2 aliphatic rings. The minimum absolute atomic E-state index is 0.197. The van der Waals surface area contributed by atoms with E-state index >= 15 is 0 Å². The molecule has 15 rings (SSSR count). The summed E-state index contributed by atoms with van der Waals surface area (Å²) in [4.78, 5) is 4.80. The van der Waals surface area contributed by atoms with Gasteiger partial charge in [-0.25, -0.2) is 0 Å². The van der Waals surface area contributed by atoms with Crippen LogP contribution in [-0.4, -0.2) is 0 Å². The van der Waals surface area contributed by atoms with Crippen LogP contribution < -0.4 is 9.80 Å². The maximum atomic E-state index is 2.42. The number of aryl methyl sites for hydroxylation is 2. The molecule has 2 heteroatoms. The van der Waals surface area contributed by atoms with E-state index in [1.54, 1.807) is 0 Å². The Hall–Kier alpha value is -10.5. The minimum Gasteiger partial charge on any atom is -0.310 e. The van der Waals surface area contributed by atoms with Gasteiger partial charge in [-0.2, -0.15) is 0 Å². The van der Waals surface area contributed by atoms with E-state index in [-0.39, 0.29) is 10.8 Å². The van der Waals surface area contributed by atoms with Crippen LogP contribution in [0.25, 0.3) is 90.4 Å². The zero-order chi connectivity index (χ0) is 59.7. The third-order valence-corrected chi connectivity index (χ3v) is 18.8. The Labute approximate surface area is 518 Å². The van der Waals surface area contributed by atoms with Crippen molar-refractivity contribution in [3.8, 4) is 44.5 Å². The fourth-order valence-electron chi connectivity index (χ4n) is 13.7. The Balaban J connectivity index is 0.640. The molecule has 0 heterocycles. The van der Waals surface area contributed by atoms with Gasteiger partial charge in [0.2, 0.25) is 0 Å². The monoisotopic (exact) mass is 1130 g/mol. The van der Waals surface area contributed by atoms with Gasteiger partial charge >= 0.3 is 0 Å². The van der Waals surface area contributed by atoms with Crippen LogP contribution in [0.1, 0.15) is 83.3 Å². The summed E-state index contributed by atoms with van der Waals surface area (Å²) in [6.07, 6.45) is 8.99. The molecule has 0 amide bonds. The smallest absolute Gasteiger partial charge is 0.0465 e. The van der Waals surface area contributed by atoms with Gasteiger partial charge in [0.05, 0.1) is 0 Å². The average Bonchev–Trinajstić information content (AvgIpc) is 1.70. The Kier molecular flexibility index (Phi) is 13.4. The molecular weight excluding hydrogens is 1060 g/mol. The maximum absolute atomic E-state index is 2.42. The lowest BCUT2D eigenvalue weighted by atomic mass is 9.81. The van der Waals surface area contributed by atoms with E-state index in [2.05, 4.69) is 355 Å². The highest BCUT2D eigenvalue weighted by molar-refractivity contribution is 5.92. The van der Waals surface area contributed by atoms with Crippen molar-refractivity contribution in [2.24, 2.45) is 0 Å². The Morgan fingerprint density at radius 3 is 0.898 bits per heavy atom. The number of anilines is 6. The highest BCUT2D eigenvalue weighted by atomic mass is 15.1. The molecule has 0 fully saturated rings. The molecule has 0 bridgehead atoms. The standard InChI is InChI=1S/C86H68N2/c1-57-15-37-71(38-16-57)87(73-41-33-65(34-42-73)69-31-29-63-11-7-9-13-67(63)53-69)75-45-49-79-77-47-27-61(51-81(77)85(3,4)83(79)55-75)25-23-59-19-21-60(22-20-59)24-26-62-28-48-78-80-50-46-76(56-84(80)86(5,6)82(78)52-62)88(72-39-17-58(2)18-40-72)74-43-35-66(36-44-74)70-32-30-64-12-8-10-14-68(64)54-70/h7-56H,1-6H3. The summed E-state index contributed by atoms with van der Waals surface area (Å²) >= 11 is 0. The molecule has 422 valence electrons. The molecular formula is C86H68N2. The van der Waals surface area contributed by atoms with Gasteiger partial charge in [0.1, 0.15) is 0 Å². The zero-order valence-corrected chi connectivity index (χ0v) is 50.8. The Morgan fingerprint density at radius 1 is 0.239 bits per heavy atom. The molecule has 0 radical (unpaired) electrons. The minimum atomic E-state index is -0.197. The number of fused-ring (bicyclic) bond motifs is 8. The summed E-state index contributed by atoms with van der Waals surface area (Å²) in [5, 5.41) is 5.02. The highest BCUT2D eigenvalue weighted by Gasteiger charge is 2.38. The first kappa shape index (κ1) is 54.1. The van der Waals surface area contributed by atoms with Crippen LogP contribution in [0.2, 0.25) is 0 Å². The zero-order valence-electron chi connectivity index (χ0n) is 50.8. The molecule has 0 N–H and O–H groups in total. The average molecular weight is 1130 g/mol. The first-order chi connectivity index (χ1) is 42.9. The van der Waals surface area contributed by atoms with Crippen LogP contribution in [0.4, 0.5) is 34.1 Å². The predicted molar refractivity (Wildman–Crippen MR) is 377 cm³/mol. The molecule has 13 aromatic rings. The summed E-state index contributed by atoms with van der Waals surface area (Å²) in [5.74, 6) is 0. The second kappa shape index (κ2) is 21.8. The molecule has 2 aliphatic carbocycles. The van der Waals surface area contributed by atoms with Gasteiger partial charge in [-0.3, -0.25) is 0 Å². The van der Waals surface area contributed by atoms with Gasteiger partial charge < -0.3 is 9.80 Å². The fraction of sp³-hybridized carbons (Fsp3) is 0.0930. The molecule has 0 unspecified atom stereocenters. The lowest BCUT2D eigenvalue weighted by Gasteiger charge is -2.28. The SMILES string of the molecule is Cc1ccc(N(c2ccc(-c3ccc4ccccc4c3)cc2)c2ccc3c(c2)C(C)(C)c2cc(C=Cc4ccc(C=Cc5ccc6c(c5)C(C)(C)c5cc(N(c7ccc(C)cc7)c7ccc(-c8ccc9ccccc9c8)cc7)ccc5-6)cc4)ccc2-3)cc1. The first-order valence-electron chi connectivity index (χ1n) is 30.9. The van der Waals surface area contributed by atoms with Gasteiger partial charge in [-0.05, 0) is 209 Å². The number of rotatable bonds is 12. The van der Waals surface area contributed by atoms with Crippen molar-refractivity contribution in [1.29, 1.82) is 0 Å². The van der Waals surface area contributed by atoms with Crippen molar-refractivity contribution in [3.63, 3.8) is 0 Å². The summed E-state index contributed by atoms with van der Waals surface area (Å²) in [7, 11) is 0. The van der Waals surface area contributed by atoms with Crippen molar-refractivity contribution in [2.45, 2.75) is 52.4 Å². The van der Waals surface area contributed by atoms with Crippen LogP contribution in [0.15, 0.2) is 279 Å². The summed E-state index contributed by atoms with van der Waals surface area (Å²) in [6, 6.07) is 103.